The van der Waals surface area contributed by atoms with Gasteiger partial charge in [-0.2, -0.15) is 5.10 Å². The van der Waals surface area contributed by atoms with E-state index in [-0.39, 0.29) is 0 Å². The van der Waals surface area contributed by atoms with Crippen molar-refractivity contribution in [3.63, 3.8) is 0 Å². The molecule has 0 atom stereocenters. The van der Waals surface area contributed by atoms with Gasteiger partial charge in [-0.1, -0.05) is 43.7 Å². The molecular weight excluding hydrogens is 222 g/mol. The molecule has 0 unspecified atom stereocenters. The van der Waals surface area contributed by atoms with Crippen LogP contribution < -0.4 is 5.32 Å². The predicted octanol–water partition coefficient (Wildman–Crippen LogP) is 2.74. The summed E-state index contributed by atoms with van der Waals surface area (Å²) in [4.78, 5) is 0. The van der Waals surface area contributed by atoms with Gasteiger partial charge in [0.1, 0.15) is 0 Å². The first kappa shape index (κ1) is 12.8. The van der Waals surface area contributed by atoms with Crippen LogP contribution in [0.5, 0.6) is 0 Å². The van der Waals surface area contributed by atoms with Crippen LogP contribution in [0.2, 0.25) is 0 Å². The summed E-state index contributed by atoms with van der Waals surface area (Å²) in [5.41, 5.74) is 3.67. The first-order valence-electron chi connectivity index (χ1n) is 6.45. The zero-order chi connectivity index (χ0) is 13.0. The van der Waals surface area contributed by atoms with Crippen LogP contribution in [0.3, 0.4) is 0 Å². The molecule has 2 aromatic rings. The molecule has 0 bridgehead atoms. The fraction of sp³-hybridized carbons (Fsp3) is 0.400. The molecule has 0 spiro atoms. The Bertz CT molecular complexity index is 483. The van der Waals surface area contributed by atoms with E-state index < -0.39 is 0 Å². The predicted molar refractivity (Wildman–Crippen MR) is 74.5 cm³/mol. The minimum absolute atomic E-state index is 0.493. The number of benzene rings is 1. The van der Waals surface area contributed by atoms with E-state index in [0.29, 0.717) is 6.04 Å². The summed E-state index contributed by atoms with van der Waals surface area (Å²) >= 11 is 0. The van der Waals surface area contributed by atoms with Gasteiger partial charge < -0.3 is 5.32 Å². The summed E-state index contributed by atoms with van der Waals surface area (Å²) in [5.74, 6) is 0. The molecule has 2 rings (SSSR count). The number of hydrogen-bond donors (Lipinski definition) is 1. The maximum absolute atomic E-state index is 4.55. The lowest BCUT2D eigenvalue weighted by molar-refractivity contribution is 0.570. The molecule has 96 valence electrons. The summed E-state index contributed by atoms with van der Waals surface area (Å²) in [5, 5.41) is 7.92. The van der Waals surface area contributed by atoms with Crippen molar-refractivity contribution >= 4 is 0 Å². The van der Waals surface area contributed by atoms with E-state index in [9.17, 15) is 0 Å². The molecule has 1 aromatic carbocycles. The molecular formula is C15H21N3. The summed E-state index contributed by atoms with van der Waals surface area (Å²) in [6.07, 6.45) is 2.04. The van der Waals surface area contributed by atoms with Gasteiger partial charge in [-0.3, -0.25) is 4.68 Å². The number of hydrogen-bond acceptors (Lipinski definition) is 2. The van der Waals surface area contributed by atoms with Crippen molar-refractivity contribution in [3.8, 4) is 0 Å². The first-order chi connectivity index (χ1) is 8.63. The summed E-state index contributed by atoms with van der Waals surface area (Å²) in [6.45, 7) is 8.06. The average Bonchev–Trinajstić information content (AvgIpc) is 2.77. The highest BCUT2D eigenvalue weighted by Crippen LogP contribution is 2.06. The maximum Gasteiger partial charge on any atom is 0.0762 e. The molecule has 0 saturated heterocycles. The van der Waals surface area contributed by atoms with Gasteiger partial charge in [-0.25, -0.2) is 0 Å². The highest BCUT2D eigenvalue weighted by atomic mass is 15.3. The Morgan fingerprint density at radius 3 is 2.56 bits per heavy atom. The van der Waals surface area contributed by atoms with Gasteiger partial charge in [-0.05, 0) is 18.6 Å². The van der Waals surface area contributed by atoms with Crippen molar-refractivity contribution < 1.29 is 0 Å². The third-order valence-electron chi connectivity index (χ3n) is 2.85. The lowest BCUT2D eigenvalue weighted by Gasteiger charge is -2.05. The molecule has 1 aromatic heterocycles. The molecule has 0 saturated carbocycles. The molecule has 1 heterocycles. The lowest BCUT2D eigenvalue weighted by atomic mass is 10.1. The standard InChI is InChI=1S/C15H21N3/c1-12(2)16-10-15-8-9-18(17-15)11-14-6-4-13(3)5-7-14/h4-9,12,16H,10-11H2,1-3H3. The quantitative estimate of drug-likeness (QED) is 0.875. The molecule has 3 heteroatoms. The van der Waals surface area contributed by atoms with E-state index in [2.05, 4.69) is 61.5 Å². The van der Waals surface area contributed by atoms with Crippen molar-refractivity contribution in [2.45, 2.75) is 39.9 Å². The summed E-state index contributed by atoms with van der Waals surface area (Å²) in [6, 6.07) is 11.2. The molecule has 3 nitrogen and oxygen atoms in total. The second-order valence-corrected chi connectivity index (χ2v) is 5.03. The van der Waals surface area contributed by atoms with Gasteiger partial charge in [0.2, 0.25) is 0 Å². The van der Waals surface area contributed by atoms with Crippen LogP contribution in [0.25, 0.3) is 0 Å². The van der Waals surface area contributed by atoms with Crippen LogP contribution in [0.15, 0.2) is 36.5 Å². The lowest BCUT2D eigenvalue weighted by Crippen LogP contribution is -2.22. The number of rotatable bonds is 5. The van der Waals surface area contributed by atoms with E-state index in [1.807, 2.05) is 10.9 Å². The Morgan fingerprint density at radius 2 is 1.89 bits per heavy atom. The van der Waals surface area contributed by atoms with Crippen LogP contribution in [0.4, 0.5) is 0 Å². The normalized spacial score (nSPS) is 11.1. The first-order valence-corrected chi connectivity index (χ1v) is 6.45. The highest BCUT2D eigenvalue weighted by Gasteiger charge is 2.01. The van der Waals surface area contributed by atoms with Gasteiger partial charge in [0.25, 0.3) is 0 Å². The monoisotopic (exact) mass is 243 g/mol. The third kappa shape index (κ3) is 3.70. The van der Waals surface area contributed by atoms with Crippen LogP contribution >= 0.6 is 0 Å². The second-order valence-electron chi connectivity index (χ2n) is 5.03. The summed E-state index contributed by atoms with van der Waals surface area (Å²) in [7, 11) is 0. The fourth-order valence-corrected chi connectivity index (χ4v) is 1.78. The van der Waals surface area contributed by atoms with Gasteiger partial charge in [0.15, 0.2) is 0 Å². The second kappa shape index (κ2) is 5.83. The average molecular weight is 243 g/mol. The number of nitrogens with one attached hydrogen (secondary N) is 1. The molecule has 0 amide bonds. The van der Waals surface area contributed by atoms with E-state index in [1.165, 1.54) is 11.1 Å². The minimum Gasteiger partial charge on any atom is -0.309 e. The Labute approximate surface area is 109 Å². The van der Waals surface area contributed by atoms with E-state index in [4.69, 9.17) is 0 Å². The van der Waals surface area contributed by atoms with Crippen molar-refractivity contribution in [2.75, 3.05) is 0 Å². The van der Waals surface area contributed by atoms with E-state index in [1.54, 1.807) is 0 Å². The maximum atomic E-state index is 4.55. The van der Waals surface area contributed by atoms with Crippen LogP contribution in [-0.2, 0) is 13.1 Å². The van der Waals surface area contributed by atoms with Crippen molar-refractivity contribution in [1.29, 1.82) is 0 Å². The topological polar surface area (TPSA) is 29.9 Å². The SMILES string of the molecule is Cc1ccc(Cn2ccc(CNC(C)C)n2)cc1. The Balaban J connectivity index is 1.95. The Morgan fingerprint density at radius 1 is 1.17 bits per heavy atom. The third-order valence-corrected chi connectivity index (χ3v) is 2.85. The van der Waals surface area contributed by atoms with Gasteiger partial charge in [0, 0.05) is 18.8 Å². The van der Waals surface area contributed by atoms with Crippen molar-refractivity contribution in [1.82, 2.24) is 15.1 Å². The van der Waals surface area contributed by atoms with Gasteiger partial charge >= 0.3 is 0 Å². The minimum atomic E-state index is 0.493. The molecule has 0 fully saturated rings. The zero-order valence-corrected chi connectivity index (χ0v) is 11.4. The molecule has 0 aliphatic heterocycles. The number of aromatic nitrogens is 2. The Kier molecular flexibility index (Phi) is 4.15. The van der Waals surface area contributed by atoms with Crippen LogP contribution in [-0.4, -0.2) is 15.8 Å². The zero-order valence-electron chi connectivity index (χ0n) is 11.4. The number of nitrogens with zero attached hydrogens (tertiary/aromatic N) is 2. The molecule has 18 heavy (non-hydrogen) atoms. The largest absolute Gasteiger partial charge is 0.309 e. The molecule has 0 aliphatic carbocycles. The van der Waals surface area contributed by atoms with E-state index >= 15 is 0 Å². The van der Waals surface area contributed by atoms with Gasteiger partial charge in [0.05, 0.1) is 12.2 Å². The summed E-state index contributed by atoms with van der Waals surface area (Å²) < 4.78 is 1.99. The van der Waals surface area contributed by atoms with Crippen LogP contribution in [0.1, 0.15) is 30.7 Å². The van der Waals surface area contributed by atoms with E-state index in [0.717, 1.165) is 18.8 Å². The molecule has 0 aliphatic rings. The number of aryl methyl sites for hydroxylation is 1. The fourth-order valence-electron chi connectivity index (χ4n) is 1.78. The molecule has 1 N–H and O–H groups in total. The van der Waals surface area contributed by atoms with Crippen molar-refractivity contribution in [2.24, 2.45) is 0 Å². The molecule has 0 radical (unpaired) electrons. The smallest absolute Gasteiger partial charge is 0.0762 e. The highest BCUT2D eigenvalue weighted by molar-refractivity contribution is 5.21. The Hall–Kier alpha value is -1.61. The van der Waals surface area contributed by atoms with Crippen molar-refractivity contribution in [3.05, 3.63) is 53.3 Å². The van der Waals surface area contributed by atoms with Gasteiger partial charge in [-0.15, -0.1) is 0 Å². The van der Waals surface area contributed by atoms with Crippen LogP contribution in [0, 0.1) is 6.92 Å².